The van der Waals surface area contributed by atoms with Crippen molar-refractivity contribution in [1.82, 2.24) is 15.3 Å². The topological polar surface area (TPSA) is 64.1 Å². The summed E-state index contributed by atoms with van der Waals surface area (Å²) in [5.74, 6) is -0.183. The van der Waals surface area contributed by atoms with Gasteiger partial charge in [0.25, 0.3) is 5.91 Å². The first-order chi connectivity index (χ1) is 11.2. The van der Waals surface area contributed by atoms with Gasteiger partial charge >= 0.3 is 0 Å². The van der Waals surface area contributed by atoms with E-state index in [0.29, 0.717) is 12.2 Å². The van der Waals surface area contributed by atoms with Crippen LogP contribution in [-0.2, 0) is 10.2 Å². The number of carbonyl (C=O) groups excluding carboxylic acids is 1. The molecule has 1 aliphatic heterocycles. The Morgan fingerprint density at radius 1 is 1.26 bits per heavy atom. The first kappa shape index (κ1) is 15.6. The predicted molar refractivity (Wildman–Crippen MR) is 87.3 cm³/mol. The molecule has 2 aromatic rings. The molecule has 1 amide bonds. The van der Waals surface area contributed by atoms with Crippen molar-refractivity contribution in [1.29, 1.82) is 0 Å². The molecule has 1 aliphatic rings. The van der Waals surface area contributed by atoms with Crippen LogP contribution in [0, 0.1) is 6.92 Å². The number of nitrogens with zero attached hydrogens (tertiary/aromatic N) is 2. The summed E-state index contributed by atoms with van der Waals surface area (Å²) in [4.78, 5) is 20.3. The second kappa shape index (κ2) is 6.87. The van der Waals surface area contributed by atoms with E-state index < -0.39 is 0 Å². The summed E-state index contributed by atoms with van der Waals surface area (Å²) in [6.45, 7) is 4.14. The maximum atomic E-state index is 12.3. The van der Waals surface area contributed by atoms with Crippen molar-refractivity contribution in [3.8, 4) is 0 Å². The number of aromatic nitrogens is 2. The van der Waals surface area contributed by atoms with Crippen LogP contribution in [0.15, 0.2) is 42.9 Å². The van der Waals surface area contributed by atoms with Gasteiger partial charge in [0, 0.05) is 37.6 Å². The van der Waals surface area contributed by atoms with Crippen LogP contribution in [0.2, 0.25) is 0 Å². The summed E-state index contributed by atoms with van der Waals surface area (Å²) in [6.07, 6.45) is 6.38. The van der Waals surface area contributed by atoms with E-state index in [1.807, 2.05) is 6.07 Å². The van der Waals surface area contributed by atoms with Gasteiger partial charge in [0.15, 0.2) is 0 Å². The molecule has 0 saturated carbocycles. The third kappa shape index (κ3) is 3.40. The summed E-state index contributed by atoms with van der Waals surface area (Å²) >= 11 is 0. The van der Waals surface area contributed by atoms with Crippen LogP contribution < -0.4 is 5.32 Å². The number of nitrogens with one attached hydrogen (secondary N) is 1. The first-order valence-corrected chi connectivity index (χ1v) is 7.89. The molecule has 0 radical (unpaired) electrons. The molecule has 1 N–H and O–H groups in total. The van der Waals surface area contributed by atoms with Crippen molar-refractivity contribution >= 4 is 5.91 Å². The molecule has 5 nitrogen and oxygen atoms in total. The summed E-state index contributed by atoms with van der Waals surface area (Å²) in [7, 11) is 0. The Bertz CT molecular complexity index is 667. The van der Waals surface area contributed by atoms with Crippen molar-refractivity contribution in [2.24, 2.45) is 0 Å². The Hall–Kier alpha value is -2.27. The molecule has 0 aliphatic carbocycles. The van der Waals surface area contributed by atoms with E-state index in [-0.39, 0.29) is 11.3 Å². The Labute approximate surface area is 136 Å². The molecule has 2 heterocycles. The molecule has 120 valence electrons. The summed E-state index contributed by atoms with van der Waals surface area (Å²) in [6, 6.07) is 8.39. The Morgan fingerprint density at radius 2 is 2.04 bits per heavy atom. The number of hydrogen-bond acceptors (Lipinski definition) is 4. The fraction of sp³-hybridized carbons (Fsp3) is 0.389. The standard InChI is InChI=1S/C18H21N3O2/c1-14-4-2-3-5-15(14)18(6-10-23-11-7-18)13-21-17(22)16-12-19-8-9-20-16/h2-5,8-9,12H,6-7,10-11,13H2,1H3,(H,21,22). The average molecular weight is 311 g/mol. The van der Waals surface area contributed by atoms with Gasteiger partial charge in [-0.3, -0.25) is 9.78 Å². The Balaban J connectivity index is 1.80. The summed E-state index contributed by atoms with van der Waals surface area (Å²) in [5, 5.41) is 3.04. The molecule has 0 unspecified atom stereocenters. The van der Waals surface area contributed by atoms with Crippen LogP contribution in [0.4, 0.5) is 0 Å². The molecular formula is C18H21N3O2. The van der Waals surface area contributed by atoms with Crippen LogP contribution >= 0.6 is 0 Å². The minimum Gasteiger partial charge on any atom is -0.381 e. The van der Waals surface area contributed by atoms with Gasteiger partial charge in [-0.15, -0.1) is 0 Å². The molecule has 5 heteroatoms. The van der Waals surface area contributed by atoms with Crippen molar-refractivity contribution in [3.05, 3.63) is 59.7 Å². The zero-order valence-electron chi connectivity index (χ0n) is 13.3. The van der Waals surface area contributed by atoms with Crippen molar-refractivity contribution in [2.75, 3.05) is 19.8 Å². The van der Waals surface area contributed by atoms with Gasteiger partial charge in [-0.05, 0) is 30.9 Å². The van der Waals surface area contributed by atoms with Crippen LogP contribution in [0.1, 0.15) is 34.5 Å². The van der Waals surface area contributed by atoms with Crippen molar-refractivity contribution in [3.63, 3.8) is 0 Å². The lowest BCUT2D eigenvalue weighted by Crippen LogP contribution is -2.45. The van der Waals surface area contributed by atoms with Crippen LogP contribution in [-0.4, -0.2) is 35.6 Å². The minimum atomic E-state index is -0.183. The molecule has 1 fully saturated rings. The van der Waals surface area contributed by atoms with E-state index in [2.05, 4.69) is 40.4 Å². The molecule has 1 aromatic carbocycles. The van der Waals surface area contributed by atoms with Crippen molar-refractivity contribution in [2.45, 2.75) is 25.2 Å². The Kier molecular flexibility index (Phi) is 4.67. The third-order valence-electron chi connectivity index (χ3n) is 4.55. The van der Waals surface area contributed by atoms with Crippen LogP contribution in [0.25, 0.3) is 0 Å². The van der Waals surface area contributed by atoms with E-state index in [0.717, 1.165) is 26.1 Å². The van der Waals surface area contributed by atoms with E-state index in [4.69, 9.17) is 4.74 Å². The highest BCUT2D eigenvalue weighted by molar-refractivity contribution is 5.91. The van der Waals surface area contributed by atoms with E-state index >= 15 is 0 Å². The van der Waals surface area contributed by atoms with Gasteiger partial charge in [0.1, 0.15) is 5.69 Å². The second-order valence-electron chi connectivity index (χ2n) is 5.98. The Morgan fingerprint density at radius 3 is 2.74 bits per heavy atom. The van der Waals surface area contributed by atoms with Gasteiger partial charge in [-0.25, -0.2) is 4.98 Å². The lowest BCUT2D eigenvalue weighted by molar-refractivity contribution is 0.0484. The van der Waals surface area contributed by atoms with E-state index in [1.165, 1.54) is 23.5 Å². The highest BCUT2D eigenvalue weighted by Crippen LogP contribution is 2.36. The molecule has 0 bridgehead atoms. The number of amides is 1. The lowest BCUT2D eigenvalue weighted by Gasteiger charge is -2.38. The largest absolute Gasteiger partial charge is 0.381 e. The highest BCUT2D eigenvalue weighted by Gasteiger charge is 2.35. The molecule has 23 heavy (non-hydrogen) atoms. The number of carbonyl (C=O) groups is 1. The lowest BCUT2D eigenvalue weighted by atomic mass is 9.72. The number of benzene rings is 1. The fourth-order valence-corrected chi connectivity index (χ4v) is 3.23. The average Bonchev–Trinajstić information content (AvgIpc) is 2.61. The summed E-state index contributed by atoms with van der Waals surface area (Å²) < 4.78 is 5.54. The predicted octanol–water partition coefficient (Wildman–Crippen LogP) is 2.26. The number of ether oxygens (including phenoxy) is 1. The van der Waals surface area contributed by atoms with Gasteiger partial charge in [-0.2, -0.15) is 0 Å². The van der Waals surface area contributed by atoms with Crippen LogP contribution in [0.5, 0.6) is 0 Å². The van der Waals surface area contributed by atoms with Crippen LogP contribution in [0.3, 0.4) is 0 Å². The van der Waals surface area contributed by atoms with E-state index in [9.17, 15) is 4.79 Å². The smallest absolute Gasteiger partial charge is 0.271 e. The fourth-order valence-electron chi connectivity index (χ4n) is 3.23. The zero-order valence-corrected chi connectivity index (χ0v) is 13.3. The van der Waals surface area contributed by atoms with Gasteiger partial charge in [-0.1, -0.05) is 24.3 Å². The molecular weight excluding hydrogens is 290 g/mol. The molecule has 0 spiro atoms. The maximum absolute atomic E-state index is 12.3. The monoisotopic (exact) mass is 311 g/mol. The first-order valence-electron chi connectivity index (χ1n) is 7.89. The molecule has 0 atom stereocenters. The summed E-state index contributed by atoms with van der Waals surface area (Å²) in [5.41, 5.74) is 2.81. The molecule has 1 saturated heterocycles. The quantitative estimate of drug-likeness (QED) is 0.941. The second-order valence-corrected chi connectivity index (χ2v) is 5.98. The van der Waals surface area contributed by atoms with Gasteiger partial charge in [0.05, 0.1) is 6.20 Å². The maximum Gasteiger partial charge on any atom is 0.271 e. The SMILES string of the molecule is Cc1ccccc1C1(CNC(=O)c2cnccn2)CCOCC1. The third-order valence-corrected chi connectivity index (χ3v) is 4.55. The zero-order chi connectivity index (χ0) is 16.1. The normalized spacial score (nSPS) is 16.7. The number of aryl methyl sites for hydroxylation is 1. The highest BCUT2D eigenvalue weighted by atomic mass is 16.5. The van der Waals surface area contributed by atoms with E-state index in [1.54, 1.807) is 6.20 Å². The number of hydrogen-bond donors (Lipinski definition) is 1. The van der Waals surface area contributed by atoms with Gasteiger partial charge in [0.2, 0.25) is 0 Å². The number of rotatable bonds is 4. The molecule has 3 rings (SSSR count). The molecule has 1 aromatic heterocycles. The van der Waals surface area contributed by atoms with Gasteiger partial charge < -0.3 is 10.1 Å². The minimum absolute atomic E-state index is 0.0819. The van der Waals surface area contributed by atoms with Crippen molar-refractivity contribution < 1.29 is 9.53 Å².